The Morgan fingerprint density at radius 3 is 2.12 bits per heavy atom. The molecule has 3 fully saturated rings. The number of hydrogen-bond acceptors (Lipinski definition) is 6. The highest BCUT2D eigenvalue weighted by Crippen LogP contribution is 2.62. The van der Waals surface area contributed by atoms with Crippen LogP contribution in [0.4, 0.5) is 37.2 Å². The van der Waals surface area contributed by atoms with Gasteiger partial charge >= 0.3 is 18.5 Å². The summed E-state index contributed by atoms with van der Waals surface area (Å²) in [6.45, 7) is 14.8. The van der Waals surface area contributed by atoms with Crippen molar-refractivity contribution in [2.45, 2.75) is 110 Å². The third kappa shape index (κ3) is 7.43. The lowest BCUT2D eigenvalue weighted by atomic mass is 9.95. The maximum Gasteiger partial charge on any atom is 0.573 e. The molecular formula is C36H42ClF5N4O5. The van der Waals surface area contributed by atoms with Gasteiger partial charge in [0.15, 0.2) is 17.4 Å². The van der Waals surface area contributed by atoms with Gasteiger partial charge in [0.25, 0.3) is 0 Å². The molecule has 6 rings (SSSR count). The minimum Gasteiger partial charge on any atom is -0.444 e. The van der Waals surface area contributed by atoms with Gasteiger partial charge in [-0.3, -0.25) is 5.32 Å². The summed E-state index contributed by atoms with van der Waals surface area (Å²) in [6.07, 6.45) is -5.27. The van der Waals surface area contributed by atoms with Gasteiger partial charge in [-0.25, -0.2) is 23.4 Å². The SMILES string of the molecule is CC(C)c1nc(-c2cc(NC(=O)OC(C)(C)C)cc(F)c2OC(F)(F)F)c(F)c2c1c(C1[C@H]3CN(C(=O)OC(C)(C)C)C[C@@H]13)c(CCl)n2C1CC1. The maximum atomic E-state index is 17.3. The van der Waals surface area contributed by atoms with Gasteiger partial charge in [0.1, 0.15) is 16.9 Å². The van der Waals surface area contributed by atoms with Crippen LogP contribution in [-0.4, -0.2) is 57.3 Å². The Bertz CT molecular complexity index is 1880. The molecule has 3 aliphatic rings. The number of rotatable bonds is 7. The van der Waals surface area contributed by atoms with Gasteiger partial charge in [0.05, 0.1) is 22.7 Å². The molecule has 278 valence electrons. The zero-order valence-electron chi connectivity index (χ0n) is 29.7. The van der Waals surface area contributed by atoms with E-state index in [-0.39, 0.29) is 46.8 Å². The predicted octanol–water partition coefficient (Wildman–Crippen LogP) is 10.0. The highest BCUT2D eigenvalue weighted by molar-refractivity contribution is 6.17. The van der Waals surface area contributed by atoms with E-state index in [0.29, 0.717) is 35.9 Å². The molecule has 0 radical (unpaired) electrons. The lowest BCUT2D eigenvalue weighted by Gasteiger charge is -2.26. The molecule has 2 aliphatic carbocycles. The lowest BCUT2D eigenvalue weighted by Crippen LogP contribution is -2.36. The molecular weight excluding hydrogens is 699 g/mol. The number of benzene rings is 1. The fourth-order valence-corrected chi connectivity index (χ4v) is 7.48. The van der Waals surface area contributed by atoms with Crippen LogP contribution in [0, 0.1) is 23.5 Å². The number of halogens is 6. The van der Waals surface area contributed by atoms with Crippen LogP contribution in [0.3, 0.4) is 0 Å². The number of nitrogens with zero attached hydrogens (tertiary/aromatic N) is 3. The Morgan fingerprint density at radius 2 is 1.61 bits per heavy atom. The summed E-state index contributed by atoms with van der Waals surface area (Å²) in [7, 11) is 0. The molecule has 0 spiro atoms. The van der Waals surface area contributed by atoms with Crippen LogP contribution in [0.25, 0.3) is 22.2 Å². The molecule has 3 heterocycles. The Balaban J connectivity index is 1.51. The summed E-state index contributed by atoms with van der Waals surface area (Å²) in [5.74, 6) is -4.02. The van der Waals surface area contributed by atoms with Gasteiger partial charge in [-0.05, 0) is 89.7 Å². The van der Waals surface area contributed by atoms with Crippen LogP contribution in [0.15, 0.2) is 12.1 Å². The van der Waals surface area contributed by atoms with Crippen molar-refractivity contribution in [3.8, 4) is 17.0 Å². The summed E-state index contributed by atoms with van der Waals surface area (Å²) in [5, 5.41) is 2.84. The van der Waals surface area contributed by atoms with Gasteiger partial charge in [0, 0.05) is 42.0 Å². The van der Waals surface area contributed by atoms with Crippen molar-refractivity contribution >= 4 is 40.4 Å². The number of anilines is 1. The van der Waals surface area contributed by atoms with E-state index in [4.69, 9.17) is 21.1 Å². The molecule has 1 saturated heterocycles. The number of piperidine rings is 1. The molecule has 1 aromatic carbocycles. The minimum atomic E-state index is -5.33. The van der Waals surface area contributed by atoms with E-state index >= 15 is 8.78 Å². The Hall–Kier alpha value is -3.81. The van der Waals surface area contributed by atoms with E-state index in [1.165, 1.54) is 0 Å². The van der Waals surface area contributed by atoms with Crippen molar-refractivity contribution in [3.05, 3.63) is 40.7 Å². The fraction of sp³-hybridized carbons (Fsp3) is 0.583. The van der Waals surface area contributed by atoms with E-state index in [0.717, 1.165) is 24.5 Å². The van der Waals surface area contributed by atoms with Crippen LogP contribution in [0.5, 0.6) is 5.75 Å². The van der Waals surface area contributed by atoms with Gasteiger partial charge in [-0.15, -0.1) is 24.8 Å². The van der Waals surface area contributed by atoms with Crippen LogP contribution in [0.2, 0.25) is 0 Å². The third-order valence-electron chi connectivity index (χ3n) is 9.18. The van der Waals surface area contributed by atoms with E-state index in [9.17, 15) is 22.8 Å². The van der Waals surface area contributed by atoms with Crippen molar-refractivity contribution in [2.75, 3.05) is 18.4 Å². The summed E-state index contributed by atoms with van der Waals surface area (Å²) in [5.41, 5.74) is -1.08. The van der Waals surface area contributed by atoms with Crippen molar-refractivity contribution < 1.29 is 45.8 Å². The zero-order valence-corrected chi connectivity index (χ0v) is 30.5. The number of carbonyl (C=O) groups is 2. The second-order valence-electron chi connectivity index (χ2n) is 15.9. The van der Waals surface area contributed by atoms with Gasteiger partial charge in [-0.1, -0.05) is 13.8 Å². The topological polar surface area (TPSA) is 94.9 Å². The molecule has 2 aromatic heterocycles. The summed E-state index contributed by atoms with van der Waals surface area (Å²) in [4.78, 5) is 31.7. The van der Waals surface area contributed by atoms with Crippen LogP contribution < -0.4 is 10.1 Å². The normalized spacial score (nSPS) is 20.5. The number of aromatic nitrogens is 2. The first-order valence-corrected chi connectivity index (χ1v) is 17.5. The number of hydrogen-bond donors (Lipinski definition) is 1. The maximum absolute atomic E-state index is 17.3. The monoisotopic (exact) mass is 740 g/mol. The predicted molar refractivity (Wildman–Crippen MR) is 181 cm³/mol. The second-order valence-corrected chi connectivity index (χ2v) is 16.1. The minimum absolute atomic E-state index is 0.0326. The highest BCUT2D eigenvalue weighted by atomic mass is 35.5. The largest absolute Gasteiger partial charge is 0.573 e. The first-order valence-electron chi connectivity index (χ1n) is 17.0. The van der Waals surface area contributed by atoms with Crippen molar-refractivity contribution in [3.63, 3.8) is 0 Å². The summed E-state index contributed by atoms with van der Waals surface area (Å²) < 4.78 is 90.6. The Labute approximate surface area is 297 Å². The second kappa shape index (κ2) is 12.7. The number of likely N-dealkylation sites (tertiary alicyclic amines) is 1. The zero-order chi connectivity index (χ0) is 37.5. The van der Waals surface area contributed by atoms with Crippen LogP contribution in [0.1, 0.15) is 103 Å². The molecule has 2 saturated carbocycles. The molecule has 2 amide bonds. The molecule has 51 heavy (non-hydrogen) atoms. The molecule has 3 aromatic rings. The number of amides is 2. The number of carbonyl (C=O) groups excluding carboxylic acids is 2. The lowest BCUT2D eigenvalue weighted by molar-refractivity contribution is -0.275. The first kappa shape index (κ1) is 37.0. The average Bonchev–Trinajstić information content (AvgIpc) is 3.85. The van der Waals surface area contributed by atoms with E-state index in [1.807, 2.05) is 18.4 Å². The number of pyridine rings is 1. The van der Waals surface area contributed by atoms with E-state index in [1.54, 1.807) is 46.4 Å². The van der Waals surface area contributed by atoms with Gasteiger partial charge in [-0.2, -0.15) is 0 Å². The number of ether oxygens (including phenoxy) is 3. The summed E-state index contributed by atoms with van der Waals surface area (Å²) >= 11 is 6.64. The third-order valence-corrected chi connectivity index (χ3v) is 9.43. The first-order chi connectivity index (χ1) is 23.6. The van der Waals surface area contributed by atoms with E-state index < -0.39 is 58.4 Å². The van der Waals surface area contributed by atoms with Crippen LogP contribution >= 0.6 is 11.6 Å². The Kier molecular flexibility index (Phi) is 9.20. The average molecular weight is 741 g/mol. The number of nitrogens with one attached hydrogen (secondary N) is 1. The van der Waals surface area contributed by atoms with Crippen LogP contribution in [-0.2, 0) is 15.4 Å². The van der Waals surface area contributed by atoms with Gasteiger partial charge < -0.3 is 23.7 Å². The van der Waals surface area contributed by atoms with Crippen molar-refractivity contribution in [2.24, 2.45) is 11.8 Å². The standard InChI is InChI=1S/C36H42ClF5N4O5/c1-16(2)28-26-25(24-20-14-45(15-21(20)24)33(48)51-35(6,7)8)23(13-37)46(18-9-10-18)30(26)27(39)29(44-28)19-11-17(43-32(47)50-34(3,4)5)12-22(38)31(19)49-36(40,41)42/h11-12,16,18,20-21,24H,9-10,13-15H2,1-8H3,(H,43,47)/t20-,21+,24?. The number of alkyl halides is 4. The Morgan fingerprint density at radius 1 is 1.00 bits per heavy atom. The summed E-state index contributed by atoms with van der Waals surface area (Å²) in [6, 6.07) is 1.51. The van der Waals surface area contributed by atoms with Gasteiger partial charge in [0.2, 0.25) is 0 Å². The molecule has 1 unspecified atom stereocenters. The molecule has 1 N–H and O–H groups in total. The highest BCUT2D eigenvalue weighted by Gasteiger charge is 2.59. The van der Waals surface area contributed by atoms with E-state index in [2.05, 4.69) is 15.0 Å². The van der Waals surface area contributed by atoms with Crippen molar-refractivity contribution in [1.29, 1.82) is 0 Å². The molecule has 3 atom stereocenters. The molecule has 0 bridgehead atoms. The number of fused-ring (bicyclic) bond motifs is 2. The molecule has 15 heteroatoms. The fourth-order valence-electron chi connectivity index (χ4n) is 7.21. The molecule has 1 aliphatic heterocycles. The quantitative estimate of drug-likeness (QED) is 0.191. The van der Waals surface area contributed by atoms with Crippen molar-refractivity contribution in [1.82, 2.24) is 14.5 Å². The molecule has 9 nitrogen and oxygen atoms in total. The smallest absolute Gasteiger partial charge is 0.444 e.